The summed E-state index contributed by atoms with van der Waals surface area (Å²) in [6.07, 6.45) is 2.40. The molecule has 1 fully saturated rings. The minimum atomic E-state index is -0.774. The fraction of sp³-hybridized carbons (Fsp3) is 0.889. The van der Waals surface area contributed by atoms with E-state index in [9.17, 15) is 4.79 Å². The summed E-state index contributed by atoms with van der Waals surface area (Å²) in [6, 6.07) is -0.429. The van der Waals surface area contributed by atoms with Crippen LogP contribution in [0.1, 0.15) is 19.8 Å². The van der Waals surface area contributed by atoms with Crippen LogP contribution in [0.3, 0.4) is 0 Å². The molecule has 1 saturated heterocycles. The lowest BCUT2D eigenvalue weighted by atomic mass is 9.99. The average Bonchev–Trinajstić information content (AvgIpc) is 2.15. The number of carboxylic acid groups (broad SMARTS) is 1. The normalized spacial score (nSPS) is 25.5. The zero-order chi connectivity index (χ0) is 9.68. The number of hydrogen-bond acceptors (Lipinski definition) is 3. The summed E-state index contributed by atoms with van der Waals surface area (Å²) in [7, 11) is 0. The number of hydrogen-bond donors (Lipinski definition) is 3. The molecule has 0 saturated carbocycles. The number of aliphatic carboxylic acids is 1. The molecule has 2 unspecified atom stereocenters. The van der Waals surface area contributed by atoms with Gasteiger partial charge < -0.3 is 15.7 Å². The molecule has 0 radical (unpaired) electrons. The first-order valence-electron chi connectivity index (χ1n) is 4.87. The molecule has 0 aliphatic carbocycles. The standard InChI is InChI=1S/C9H18N2O2/c1-7(9(12)13)11-6-8-3-2-4-10-5-8/h7-8,10-11H,2-6H2,1H3,(H,12,13). The van der Waals surface area contributed by atoms with Crippen molar-refractivity contribution < 1.29 is 9.90 Å². The SMILES string of the molecule is CC(NCC1CCCNC1)C(=O)O. The lowest BCUT2D eigenvalue weighted by molar-refractivity contribution is -0.139. The Morgan fingerprint density at radius 3 is 3.08 bits per heavy atom. The summed E-state index contributed by atoms with van der Waals surface area (Å²) < 4.78 is 0. The van der Waals surface area contributed by atoms with Gasteiger partial charge in [0.1, 0.15) is 6.04 Å². The van der Waals surface area contributed by atoms with Gasteiger partial charge in [-0.05, 0) is 45.3 Å². The summed E-state index contributed by atoms with van der Waals surface area (Å²) in [6.45, 7) is 4.60. The van der Waals surface area contributed by atoms with E-state index in [0.29, 0.717) is 5.92 Å². The third-order valence-electron chi connectivity index (χ3n) is 2.48. The summed E-state index contributed by atoms with van der Waals surface area (Å²) in [5.74, 6) is -0.181. The Morgan fingerprint density at radius 2 is 2.54 bits per heavy atom. The molecule has 0 aromatic heterocycles. The van der Waals surface area contributed by atoms with Gasteiger partial charge in [0.05, 0.1) is 0 Å². The predicted octanol–water partition coefficient (Wildman–Crippen LogP) is 0.0487. The Labute approximate surface area is 78.7 Å². The Morgan fingerprint density at radius 1 is 1.77 bits per heavy atom. The maximum Gasteiger partial charge on any atom is 0.320 e. The molecular weight excluding hydrogens is 168 g/mol. The highest BCUT2D eigenvalue weighted by Gasteiger charge is 2.15. The molecule has 0 spiro atoms. The number of carbonyl (C=O) groups is 1. The van der Waals surface area contributed by atoms with Crippen molar-refractivity contribution in [3.63, 3.8) is 0 Å². The molecule has 4 heteroatoms. The molecule has 4 nitrogen and oxygen atoms in total. The quantitative estimate of drug-likeness (QED) is 0.580. The van der Waals surface area contributed by atoms with Crippen molar-refractivity contribution in [1.82, 2.24) is 10.6 Å². The molecule has 1 rings (SSSR count). The highest BCUT2D eigenvalue weighted by Crippen LogP contribution is 2.08. The van der Waals surface area contributed by atoms with Crippen LogP contribution in [0.2, 0.25) is 0 Å². The predicted molar refractivity (Wildman–Crippen MR) is 50.7 cm³/mol. The summed E-state index contributed by atoms with van der Waals surface area (Å²) in [5.41, 5.74) is 0. The minimum absolute atomic E-state index is 0.429. The molecule has 76 valence electrons. The molecule has 0 aromatic rings. The van der Waals surface area contributed by atoms with Crippen molar-refractivity contribution in [2.45, 2.75) is 25.8 Å². The van der Waals surface area contributed by atoms with Gasteiger partial charge in [0.15, 0.2) is 0 Å². The van der Waals surface area contributed by atoms with Gasteiger partial charge in [-0.15, -0.1) is 0 Å². The maximum atomic E-state index is 10.5. The first-order valence-corrected chi connectivity index (χ1v) is 4.87. The van der Waals surface area contributed by atoms with E-state index in [4.69, 9.17) is 5.11 Å². The Kier molecular flexibility index (Phi) is 4.18. The summed E-state index contributed by atoms with van der Waals surface area (Å²) in [5, 5.41) is 14.9. The van der Waals surface area contributed by atoms with Crippen LogP contribution in [0.25, 0.3) is 0 Å². The first kappa shape index (κ1) is 10.5. The molecule has 13 heavy (non-hydrogen) atoms. The van der Waals surface area contributed by atoms with Crippen molar-refractivity contribution in [3.05, 3.63) is 0 Å². The van der Waals surface area contributed by atoms with Gasteiger partial charge in [0.2, 0.25) is 0 Å². The Hall–Kier alpha value is -0.610. The van der Waals surface area contributed by atoms with Crippen molar-refractivity contribution in [2.75, 3.05) is 19.6 Å². The van der Waals surface area contributed by atoms with Gasteiger partial charge in [-0.3, -0.25) is 4.79 Å². The minimum Gasteiger partial charge on any atom is -0.480 e. The molecular formula is C9H18N2O2. The van der Waals surface area contributed by atoms with E-state index in [0.717, 1.165) is 19.6 Å². The van der Waals surface area contributed by atoms with Crippen LogP contribution in [0.15, 0.2) is 0 Å². The van der Waals surface area contributed by atoms with Crippen molar-refractivity contribution >= 4 is 5.97 Å². The van der Waals surface area contributed by atoms with E-state index in [1.807, 2.05) is 0 Å². The van der Waals surface area contributed by atoms with E-state index < -0.39 is 12.0 Å². The Bertz CT molecular complexity index is 167. The van der Waals surface area contributed by atoms with Gasteiger partial charge in [-0.1, -0.05) is 0 Å². The second kappa shape index (κ2) is 5.19. The number of piperidine rings is 1. The van der Waals surface area contributed by atoms with Crippen LogP contribution in [0.5, 0.6) is 0 Å². The van der Waals surface area contributed by atoms with E-state index >= 15 is 0 Å². The zero-order valence-electron chi connectivity index (χ0n) is 8.05. The van der Waals surface area contributed by atoms with Crippen molar-refractivity contribution in [1.29, 1.82) is 0 Å². The lowest BCUT2D eigenvalue weighted by Crippen LogP contribution is -2.41. The van der Waals surface area contributed by atoms with Crippen LogP contribution >= 0.6 is 0 Å². The summed E-state index contributed by atoms with van der Waals surface area (Å²) in [4.78, 5) is 10.5. The van der Waals surface area contributed by atoms with Gasteiger partial charge in [-0.2, -0.15) is 0 Å². The number of nitrogens with one attached hydrogen (secondary N) is 2. The highest BCUT2D eigenvalue weighted by molar-refractivity contribution is 5.72. The average molecular weight is 186 g/mol. The van der Waals surface area contributed by atoms with Gasteiger partial charge in [0.25, 0.3) is 0 Å². The Balaban J connectivity index is 2.13. The zero-order valence-corrected chi connectivity index (χ0v) is 8.05. The lowest BCUT2D eigenvalue weighted by Gasteiger charge is -2.23. The van der Waals surface area contributed by atoms with Crippen molar-refractivity contribution in [2.24, 2.45) is 5.92 Å². The third kappa shape index (κ3) is 3.74. The van der Waals surface area contributed by atoms with Crippen molar-refractivity contribution in [3.8, 4) is 0 Å². The molecule has 2 atom stereocenters. The highest BCUT2D eigenvalue weighted by atomic mass is 16.4. The van der Waals surface area contributed by atoms with E-state index in [2.05, 4.69) is 10.6 Å². The van der Waals surface area contributed by atoms with Crippen LogP contribution in [-0.2, 0) is 4.79 Å². The molecule has 1 heterocycles. The topological polar surface area (TPSA) is 61.4 Å². The molecule has 1 aliphatic rings. The van der Waals surface area contributed by atoms with Gasteiger partial charge in [0, 0.05) is 0 Å². The molecule has 0 aromatic carbocycles. The van der Waals surface area contributed by atoms with Gasteiger partial charge >= 0.3 is 5.97 Å². The molecule has 0 amide bonds. The molecule has 1 aliphatic heterocycles. The molecule has 0 bridgehead atoms. The third-order valence-corrected chi connectivity index (χ3v) is 2.48. The number of rotatable bonds is 4. The van der Waals surface area contributed by atoms with Crippen LogP contribution in [0, 0.1) is 5.92 Å². The van der Waals surface area contributed by atoms with E-state index in [1.165, 1.54) is 12.8 Å². The molecule has 3 N–H and O–H groups in total. The fourth-order valence-electron chi connectivity index (χ4n) is 1.53. The van der Waals surface area contributed by atoms with E-state index in [-0.39, 0.29) is 0 Å². The second-order valence-electron chi connectivity index (χ2n) is 3.68. The number of carboxylic acids is 1. The van der Waals surface area contributed by atoms with Crippen LogP contribution in [0.4, 0.5) is 0 Å². The van der Waals surface area contributed by atoms with Crippen LogP contribution in [-0.4, -0.2) is 36.8 Å². The van der Waals surface area contributed by atoms with E-state index in [1.54, 1.807) is 6.92 Å². The first-order chi connectivity index (χ1) is 6.20. The second-order valence-corrected chi connectivity index (χ2v) is 3.68. The smallest absolute Gasteiger partial charge is 0.320 e. The van der Waals surface area contributed by atoms with Gasteiger partial charge in [-0.25, -0.2) is 0 Å². The monoisotopic (exact) mass is 186 g/mol. The largest absolute Gasteiger partial charge is 0.480 e. The maximum absolute atomic E-state index is 10.5. The fourth-order valence-corrected chi connectivity index (χ4v) is 1.53. The summed E-state index contributed by atoms with van der Waals surface area (Å²) >= 11 is 0. The van der Waals surface area contributed by atoms with Crippen LogP contribution < -0.4 is 10.6 Å².